The van der Waals surface area contributed by atoms with E-state index in [-0.39, 0.29) is 25.3 Å². The first kappa shape index (κ1) is 22.7. The number of nitrogens with one attached hydrogen (secondary N) is 1. The molecule has 3 heterocycles. The first-order chi connectivity index (χ1) is 15.3. The van der Waals surface area contributed by atoms with Gasteiger partial charge in [-0.15, -0.1) is 0 Å². The van der Waals surface area contributed by atoms with E-state index >= 15 is 4.39 Å². The van der Waals surface area contributed by atoms with E-state index < -0.39 is 5.67 Å². The fourth-order valence-electron chi connectivity index (χ4n) is 3.79. The number of piperidine rings is 1. The summed E-state index contributed by atoms with van der Waals surface area (Å²) in [6.07, 6.45) is 2.41. The van der Waals surface area contributed by atoms with Gasteiger partial charge in [0.15, 0.2) is 0 Å². The van der Waals surface area contributed by atoms with Crippen LogP contribution in [-0.2, 0) is 13.6 Å². The number of alkyl halides is 1. The number of aryl methyl sites for hydroxylation is 1. The minimum absolute atomic E-state index is 0.158. The Labute approximate surface area is 196 Å². The Morgan fingerprint density at radius 3 is 2.59 bits per heavy atom. The number of carbonyl (C=O) groups excluding carboxylic acids is 1. The lowest BCUT2D eigenvalue weighted by Crippen LogP contribution is -2.48. The van der Waals surface area contributed by atoms with Crippen LogP contribution in [0.15, 0.2) is 48.7 Å². The number of amides is 1. The fraction of sp³-hybridized carbons (Fsp3) is 0.348. The second-order valence-corrected chi connectivity index (χ2v) is 8.88. The van der Waals surface area contributed by atoms with Gasteiger partial charge in [-0.3, -0.25) is 9.48 Å². The smallest absolute Gasteiger partial charge is 0.253 e. The van der Waals surface area contributed by atoms with Gasteiger partial charge in [0.25, 0.3) is 5.91 Å². The molecule has 168 valence electrons. The van der Waals surface area contributed by atoms with Gasteiger partial charge >= 0.3 is 0 Å². The molecule has 0 aliphatic carbocycles. The number of hydrogen-bond acceptors (Lipinski definition) is 4. The number of aromatic nitrogens is 3. The third-order valence-corrected chi connectivity index (χ3v) is 6.38. The molecule has 2 aromatic heterocycles. The maximum absolute atomic E-state index is 15.3. The molecule has 1 aliphatic heterocycles. The standard InChI is InChI=1S/C23H24Cl2FN5O/c1-30-10-7-21(29-30)20-4-2-3-17(28-20)14-27-15-23(26)8-11-31(12-9-23)22(32)16-5-6-18(24)19(25)13-16/h2-7,10,13,27H,8-9,11-12,14-15H2,1H3. The summed E-state index contributed by atoms with van der Waals surface area (Å²) in [6, 6.07) is 12.4. The molecular weight excluding hydrogens is 452 g/mol. The van der Waals surface area contributed by atoms with Crippen molar-refractivity contribution < 1.29 is 9.18 Å². The highest BCUT2D eigenvalue weighted by molar-refractivity contribution is 6.42. The molecule has 0 saturated carbocycles. The van der Waals surface area contributed by atoms with Crippen LogP contribution in [0.4, 0.5) is 4.39 Å². The Balaban J connectivity index is 1.29. The van der Waals surface area contributed by atoms with Gasteiger partial charge < -0.3 is 10.2 Å². The molecule has 1 aliphatic rings. The maximum atomic E-state index is 15.3. The maximum Gasteiger partial charge on any atom is 0.253 e. The second-order valence-electron chi connectivity index (χ2n) is 8.06. The molecule has 1 fully saturated rings. The molecule has 1 saturated heterocycles. The largest absolute Gasteiger partial charge is 0.338 e. The Bertz CT molecular complexity index is 1110. The molecule has 4 rings (SSSR count). The summed E-state index contributed by atoms with van der Waals surface area (Å²) < 4.78 is 17.0. The van der Waals surface area contributed by atoms with E-state index in [1.807, 2.05) is 37.5 Å². The van der Waals surface area contributed by atoms with E-state index in [9.17, 15) is 4.79 Å². The molecule has 0 atom stereocenters. The predicted molar refractivity (Wildman–Crippen MR) is 124 cm³/mol. The van der Waals surface area contributed by atoms with E-state index in [0.717, 1.165) is 17.1 Å². The van der Waals surface area contributed by atoms with Crippen LogP contribution in [0.3, 0.4) is 0 Å². The number of carbonyl (C=O) groups is 1. The average Bonchev–Trinajstić information content (AvgIpc) is 3.22. The topological polar surface area (TPSA) is 63.1 Å². The van der Waals surface area contributed by atoms with Gasteiger partial charge in [-0.05, 0) is 36.4 Å². The molecule has 0 unspecified atom stereocenters. The van der Waals surface area contributed by atoms with Crippen molar-refractivity contribution in [2.75, 3.05) is 19.6 Å². The van der Waals surface area contributed by atoms with Crippen LogP contribution in [0.25, 0.3) is 11.4 Å². The van der Waals surface area contributed by atoms with Crippen molar-refractivity contribution in [3.63, 3.8) is 0 Å². The monoisotopic (exact) mass is 475 g/mol. The Morgan fingerprint density at radius 1 is 1.12 bits per heavy atom. The van der Waals surface area contributed by atoms with Gasteiger partial charge in [0.2, 0.25) is 0 Å². The normalized spacial score (nSPS) is 15.7. The molecule has 0 radical (unpaired) electrons. The van der Waals surface area contributed by atoms with Crippen molar-refractivity contribution in [3.8, 4) is 11.4 Å². The summed E-state index contributed by atoms with van der Waals surface area (Å²) in [4.78, 5) is 19.0. The molecular formula is C23H24Cl2FN5O. The van der Waals surface area contributed by atoms with E-state index in [1.165, 1.54) is 0 Å². The summed E-state index contributed by atoms with van der Waals surface area (Å²) in [6.45, 7) is 1.37. The van der Waals surface area contributed by atoms with Crippen LogP contribution >= 0.6 is 23.2 Å². The van der Waals surface area contributed by atoms with Crippen molar-refractivity contribution in [1.82, 2.24) is 25.0 Å². The lowest BCUT2D eigenvalue weighted by atomic mass is 9.92. The molecule has 0 bridgehead atoms. The van der Waals surface area contributed by atoms with Crippen LogP contribution in [0, 0.1) is 0 Å². The molecule has 1 N–H and O–H groups in total. The number of benzene rings is 1. The second kappa shape index (κ2) is 9.57. The molecule has 9 heteroatoms. The highest BCUT2D eigenvalue weighted by Gasteiger charge is 2.36. The van der Waals surface area contributed by atoms with Gasteiger partial charge in [-0.2, -0.15) is 5.10 Å². The third kappa shape index (κ3) is 5.28. The minimum atomic E-state index is -1.37. The Kier molecular flexibility index (Phi) is 6.79. The lowest BCUT2D eigenvalue weighted by Gasteiger charge is -2.36. The van der Waals surface area contributed by atoms with Gasteiger partial charge in [-0.25, -0.2) is 9.37 Å². The van der Waals surface area contributed by atoms with Gasteiger partial charge in [0, 0.05) is 57.8 Å². The SMILES string of the molecule is Cn1ccc(-c2cccc(CNCC3(F)CCN(C(=O)c4ccc(Cl)c(Cl)c4)CC3)n2)n1. The number of likely N-dealkylation sites (tertiary alicyclic amines) is 1. The number of pyridine rings is 1. The highest BCUT2D eigenvalue weighted by atomic mass is 35.5. The zero-order chi connectivity index (χ0) is 22.7. The quantitative estimate of drug-likeness (QED) is 0.568. The third-order valence-electron chi connectivity index (χ3n) is 5.64. The highest BCUT2D eigenvalue weighted by Crippen LogP contribution is 2.28. The van der Waals surface area contributed by atoms with Crippen molar-refractivity contribution >= 4 is 29.1 Å². The lowest BCUT2D eigenvalue weighted by molar-refractivity contribution is 0.0434. The number of halogens is 3. The number of rotatable bonds is 6. The summed E-state index contributed by atoms with van der Waals surface area (Å²) in [5.74, 6) is -0.158. The fourth-order valence-corrected chi connectivity index (χ4v) is 4.08. The first-order valence-electron chi connectivity index (χ1n) is 10.4. The number of hydrogen-bond donors (Lipinski definition) is 1. The number of nitrogens with zero attached hydrogens (tertiary/aromatic N) is 4. The molecule has 0 spiro atoms. The van der Waals surface area contributed by atoms with Gasteiger partial charge in [0.1, 0.15) is 11.4 Å². The Morgan fingerprint density at radius 2 is 1.91 bits per heavy atom. The van der Waals surface area contributed by atoms with Crippen LogP contribution in [0.1, 0.15) is 28.9 Å². The Hall–Kier alpha value is -2.48. The van der Waals surface area contributed by atoms with Crippen molar-refractivity contribution in [3.05, 3.63) is 70.0 Å². The summed E-state index contributed by atoms with van der Waals surface area (Å²) in [5, 5.41) is 8.28. The summed E-state index contributed by atoms with van der Waals surface area (Å²) in [7, 11) is 1.86. The minimum Gasteiger partial charge on any atom is -0.338 e. The van der Waals surface area contributed by atoms with Gasteiger partial charge in [0.05, 0.1) is 21.4 Å². The van der Waals surface area contributed by atoms with Crippen LogP contribution in [0.5, 0.6) is 0 Å². The van der Waals surface area contributed by atoms with Crippen LogP contribution in [-0.4, -0.2) is 50.9 Å². The predicted octanol–water partition coefficient (Wildman–Crippen LogP) is 4.52. The van der Waals surface area contributed by atoms with Crippen molar-refractivity contribution in [1.29, 1.82) is 0 Å². The van der Waals surface area contributed by atoms with E-state index in [1.54, 1.807) is 27.8 Å². The zero-order valence-electron chi connectivity index (χ0n) is 17.7. The first-order valence-corrected chi connectivity index (χ1v) is 11.2. The molecule has 3 aromatic rings. The zero-order valence-corrected chi connectivity index (χ0v) is 19.2. The summed E-state index contributed by atoms with van der Waals surface area (Å²) >= 11 is 11.9. The van der Waals surface area contributed by atoms with Crippen molar-refractivity contribution in [2.24, 2.45) is 7.05 Å². The average molecular weight is 476 g/mol. The van der Waals surface area contributed by atoms with E-state index in [0.29, 0.717) is 35.2 Å². The van der Waals surface area contributed by atoms with Crippen LogP contribution in [0.2, 0.25) is 10.0 Å². The molecule has 6 nitrogen and oxygen atoms in total. The van der Waals surface area contributed by atoms with Crippen molar-refractivity contribution in [2.45, 2.75) is 25.1 Å². The van der Waals surface area contributed by atoms with Crippen LogP contribution < -0.4 is 5.32 Å². The summed E-state index contributed by atoms with van der Waals surface area (Å²) in [5.41, 5.74) is 1.50. The van der Waals surface area contributed by atoms with Gasteiger partial charge in [-0.1, -0.05) is 29.3 Å². The molecule has 1 amide bonds. The molecule has 32 heavy (non-hydrogen) atoms. The molecule has 1 aromatic carbocycles. The van der Waals surface area contributed by atoms with E-state index in [4.69, 9.17) is 23.2 Å². The van der Waals surface area contributed by atoms with E-state index in [2.05, 4.69) is 15.4 Å².